The van der Waals surface area contributed by atoms with Gasteiger partial charge in [0.15, 0.2) is 0 Å². The van der Waals surface area contributed by atoms with Gasteiger partial charge in [-0.2, -0.15) is 17.2 Å². The molecule has 0 saturated heterocycles. The van der Waals surface area contributed by atoms with Crippen LogP contribution in [0.5, 0.6) is 0 Å². The van der Waals surface area contributed by atoms with Gasteiger partial charge in [-0.05, 0) is 108 Å². The van der Waals surface area contributed by atoms with Gasteiger partial charge in [0, 0.05) is 20.1 Å². The molecular formula is C35H40F2O6S2. The summed E-state index contributed by atoms with van der Waals surface area (Å²) in [4.78, 5) is 14.2. The first-order valence-corrected chi connectivity index (χ1v) is 18.3. The van der Waals surface area contributed by atoms with E-state index in [1.165, 1.54) is 0 Å². The molecule has 0 aliphatic heterocycles. The minimum Gasteiger partial charge on any atom is -0.460 e. The molecule has 6 nitrogen and oxygen atoms in total. The molecule has 10 heteroatoms. The Hall–Kier alpha value is -2.79. The zero-order valence-corrected chi connectivity index (χ0v) is 27.4. The molecule has 0 aromatic heterocycles. The van der Waals surface area contributed by atoms with E-state index < -0.39 is 42.7 Å². The maximum Gasteiger partial charge on any atom is 0.466 e. The van der Waals surface area contributed by atoms with Crippen molar-refractivity contribution in [2.24, 2.45) is 17.3 Å². The summed E-state index contributed by atoms with van der Waals surface area (Å²) in [5.41, 5.74) is -0.767. The maximum absolute atomic E-state index is 15.9. The fourth-order valence-electron chi connectivity index (χ4n) is 8.05. The summed E-state index contributed by atoms with van der Waals surface area (Å²) in [6.07, 6.45) is 3.98. The van der Waals surface area contributed by atoms with Crippen molar-refractivity contribution in [1.29, 1.82) is 0 Å². The first-order valence-electron chi connectivity index (χ1n) is 15.3. The summed E-state index contributed by atoms with van der Waals surface area (Å²) in [5, 5.41) is 6.05. The maximum atomic E-state index is 15.9. The molecule has 0 spiro atoms. The van der Waals surface area contributed by atoms with Crippen molar-refractivity contribution in [3.63, 3.8) is 0 Å². The van der Waals surface area contributed by atoms with Crippen LogP contribution in [-0.4, -0.2) is 37.0 Å². The standard InChI is InChI=1S/C35H40F2O6S2/c1-32(2,3)27-14-16-30(17-15-27)44(28-10-6-4-7-11-28,29-12-8-5-9-13-29)43-45(40,41)35(36,37)31(38)42-24-33-19-25-18-26(20-33)22-34(39,21-25)23-33/h4-17,25-26,39H,18-24H2,1-3H3. The molecule has 0 amide bonds. The van der Waals surface area contributed by atoms with Crippen LogP contribution in [0.15, 0.2) is 99.6 Å². The van der Waals surface area contributed by atoms with E-state index in [0.29, 0.717) is 46.8 Å². The van der Waals surface area contributed by atoms with Crippen LogP contribution in [0.2, 0.25) is 0 Å². The number of alkyl halides is 2. The summed E-state index contributed by atoms with van der Waals surface area (Å²) < 4.78 is 70.2. The Balaban J connectivity index is 1.36. The quantitative estimate of drug-likeness (QED) is 0.235. The Morgan fingerprint density at radius 2 is 1.31 bits per heavy atom. The average Bonchev–Trinajstić information content (AvgIpc) is 2.98. The number of carbonyl (C=O) groups excluding carboxylic acids is 1. The number of rotatable bonds is 9. The van der Waals surface area contributed by atoms with Gasteiger partial charge >= 0.3 is 21.3 Å². The largest absolute Gasteiger partial charge is 0.466 e. The highest BCUT2D eigenvalue weighted by Crippen LogP contribution is 2.70. The Bertz CT molecular complexity index is 1600. The second kappa shape index (κ2) is 11.2. The fraction of sp³-hybridized carbons (Fsp3) is 0.457. The van der Waals surface area contributed by atoms with Crippen LogP contribution in [0.4, 0.5) is 8.78 Å². The third-order valence-corrected chi connectivity index (χ3v) is 14.7. The van der Waals surface area contributed by atoms with E-state index in [4.69, 9.17) is 8.37 Å². The molecular weight excluding hydrogens is 619 g/mol. The second-order valence-corrected chi connectivity index (χ2v) is 18.7. The van der Waals surface area contributed by atoms with Crippen molar-refractivity contribution >= 4 is 26.4 Å². The number of aliphatic hydroxyl groups is 1. The molecule has 4 fully saturated rings. The van der Waals surface area contributed by atoms with E-state index in [2.05, 4.69) is 0 Å². The smallest absolute Gasteiger partial charge is 0.460 e. The molecule has 4 bridgehead atoms. The minimum absolute atomic E-state index is 0.216. The van der Waals surface area contributed by atoms with Gasteiger partial charge < -0.3 is 9.84 Å². The van der Waals surface area contributed by atoms with Crippen molar-refractivity contribution in [3.8, 4) is 0 Å². The Kier molecular flexibility index (Phi) is 7.99. The van der Waals surface area contributed by atoms with Crippen LogP contribution in [0, 0.1) is 17.3 Å². The van der Waals surface area contributed by atoms with Crippen molar-refractivity contribution in [2.75, 3.05) is 6.61 Å². The highest BCUT2D eigenvalue weighted by atomic mass is 32.3. The van der Waals surface area contributed by atoms with Crippen molar-refractivity contribution in [1.82, 2.24) is 0 Å². The third kappa shape index (κ3) is 5.83. The molecule has 0 heterocycles. The Labute approximate surface area is 265 Å². The number of carbonyl (C=O) groups is 1. The van der Waals surface area contributed by atoms with E-state index in [0.717, 1.165) is 12.0 Å². The first kappa shape index (κ1) is 32.2. The van der Waals surface area contributed by atoms with Gasteiger partial charge in [-0.1, -0.05) is 69.3 Å². The summed E-state index contributed by atoms with van der Waals surface area (Å²) in [7, 11) is -9.25. The van der Waals surface area contributed by atoms with Crippen LogP contribution in [-0.2, 0) is 28.7 Å². The zero-order chi connectivity index (χ0) is 32.3. The molecule has 3 aromatic carbocycles. The summed E-state index contributed by atoms with van der Waals surface area (Å²) >= 11 is 0. The first-order chi connectivity index (χ1) is 21.1. The monoisotopic (exact) mass is 658 g/mol. The van der Waals surface area contributed by atoms with E-state index in [-0.39, 0.29) is 23.9 Å². The summed E-state index contributed by atoms with van der Waals surface area (Å²) in [5.74, 6) is -1.68. The molecule has 4 aliphatic rings. The van der Waals surface area contributed by atoms with Crippen LogP contribution in [0.25, 0.3) is 0 Å². The van der Waals surface area contributed by atoms with Crippen molar-refractivity contribution in [3.05, 3.63) is 90.5 Å². The lowest BCUT2D eigenvalue weighted by atomic mass is 9.48. The number of halogens is 2. The highest BCUT2D eigenvalue weighted by Gasteiger charge is 2.61. The van der Waals surface area contributed by atoms with Crippen molar-refractivity contribution < 1.29 is 35.5 Å². The van der Waals surface area contributed by atoms with E-state index in [1.54, 1.807) is 72.8 Å². The molecule has 4 aliphatic carbocycles. The molecule has 0 radical (unpaired) electrons. The fourth-order valence-corrected chi connectivity index (χ4v) is 13.1. The van der Waals surface area contributed by atoms with Gasteiger partial charge in [0.2, 0.25) is 0 Å². The highest BCUT2D eigenvalue weighted by molar-refractivity contribution is 8.33. The Morgan fingerprint density at radius 1 is 0.822 bits per heavy atom. The number of hydrogen-bond donors (Lipinski definition) is 1. The number of benzene rings is 3. The minimum atomic E-state index is -5.91. The number of ether oxygens (including phenoxy) is 1. The zero-order valence-electron chi connectivity index (χ0n) is 25.7. The molecule has 3 aromatic rings. The molecule has 242 valence electrons. The van der Waals surface area contributed by atoms with Gasteiger partial charge in [0.25, 0.3) is 0 Å². The third-order valence-electron chi connectivity index (χ3n) is 9.61. The van der Waals surface area contributed by atoms with Gasteiger partial charge in [-0.25, -0.2) is 8.42 Å². The van der Waals surface area contributed by atoms with E-state index in [9.17, 15) is 18.3 Å². The summed E-state index contributed by atoms with van der Waals surface area (Å²) in [6, 6.07) is 23.9. The topological polar surface area (TPSA) is 89.9 Å². The van der Waals surface area contributed by atoms with Gasteiger partial charge in [0.05, 0.1) is 12.2 Å². The van der Waals surface area contributed by atoms with Crippen molar-refractivity contribution in [2.45, 2.75) is 90.3 Å². The SMILES string of the molecule is CC(C)(C)c1ccc(S(OS(=O)(=O)C(F)(F)C(=O)OCC23CC4CC(CC(O)(C4)C2)C3)(c2ccccc2)c2ccccc2)cc1. The Morgan fingerprint density at radius 3 is 1.78 bits per heavy atom. The van der Waals surface area contributed by atoms with Gasteiger partial charge in [0.1, 0.15) is 0 Å². The van der Waals surface area contributed by atoms with E-state index >= 15 is 8.78 Å². The summed E-state index contributed by atoms with van der Waals surface area (Å²) in [6.45, 7) is 5.74. The lowest BCUT2D eigenvalue weighted by Crippen LogP contribution is -2.57. The molecule has 45 heavy (non-hydrogen) atoms. The van der Waals surface area contributed by atoms with Gasteiger partial charge in [-0.3, -0.25) is 0 Å². The molecule has 2 atom stereocenters. The predicted molar refractivity (Wildman–Crippen MR) is 168 cm³/mol. The van der Waals surface area contributed by atoms with Crippen LogP contribution >= 0.6 is 10.3 Å². The van der Waals surface area contributed by atoms with Crippen LogP contribution < -0.4 is 0 Å². The molecule has 2 unspecified atom stereocenters. The normalized spacial score (nSPS) is 26.9. The molecule has 7 rings (SSSR count). The molecule has 1 N–H and O–H groups in total. The van der Waals surface area contributed by atoms with E-state index in [1.807, 2.05) is 32.9 Å². The van der Waals surface area contributed by atoms with Crippen LogP contribution in [0.3, 0.4) is 0 Å². The predicted octanol–water partition coefficient (Wildman–Crippen LogP) is 7.99. The second-order valence-electron chi connectivity index (χ2n) is 14.3. The van der Waals surface area contributed by atoms with Gasteiger partial charge in [-0.15, -0.1) is 0 Å². The number of hydrogen-bond acceptors (Lipinski definition) is 6. The lowest BCUT2D eigenvalue weighted by molar-refractivity contribution is -0.193. The van der Waals surface area contributed by atoms with Crippen LogP contribution in [0.1, 0.15) is 64.9 Å². The lowest BCUT2D eigenvalue weighted by Gasteiger charge is -2.59. The molecule has 4 saturated carbocycles. The average molecular weight is 659 g/mol. The number of esters is 1.